The molecular formula is C14H23NO2. The van der Waals surface area contributed by atoms with Gasteiger partial charge in [0.15, 0.2) is 0 Å². The molecule has 0 saturated carbocycles. The van der Waals surface area contributed by atoms with Gasteiger partial charge in [0.25, 0.3) is 0 Å². The first-order chi connectivity index (χ1) is 8.15. The van der Waals surface area contributed by atoms with Gasteiger partial charge in [0.2, 0.25) is 11.8 Å². The zero-order chi connectivity index (χ0) is 12.7. The molecule has 17 heavy (non-hydrogen) atoms. The highest BCUT2D eigenvalue weighted by atomic mass is 16.2. The van der Waals surface area contributed by atoms with Crippen LogP contribution in [0.25, 0.3) is 0 Å². The van der Waals surface area contributed by atoms with Crippen LogP contribution in [0.1, 0.15) is 58.3 Å². The fraction of sp³-hybridized carbons (Fsp3) is 0.714. The smallest absolute Gasteiger partial charge is 0.234 e. The van der Waals surface area contributed by atoms with Crippen molar-refractivity contribution in [3.05, 3.63) is 12.2 Å². The molecule has 2 amide bonds. The van der Waals surface area contributed by atoms with Crippen LogP contribution < -0.4 is 5.32 Å². The quantitative estimate of drug-likeness (QED) is 0.401. The number of rotatable bonds is 8. The molecular weight excluding hydrogens is 214 g/mol. The molecule has 3 nitrogen and oxygen atoms in total. The first-order valence-electron chi connectivity index (χ1n) is 6.66. The van der Waals surface area contributed by atoms with Gasteiger partial charge in [-0.15, -0.1) is 0 Å². The normalized spacial score (nSPS) is 19.5. The summed E-state index contributed by atoms with van der Waals surface area (Å²) in [6, 6.07) is 0. The third-order valence-corrected chi connectivity index (χ3v) is 3.31. The minimum absolute atomic E-state index is 0.161. The number of amides is 2. The van der Waals surface area contributed by atoms with E-state index in [2.05, 4.69) is 18.8 Å². The molecule has 3 heteroatoms. The van der Waals surface area contributed by atoms with Crippen LogP contribution in [0.4, 0.5) is 0 Å². The number of unbranched alkanes of at least 4 members (excludes halogenated alkanes) is 5. The molecule has 1 unspecified atom stereocenters. The van der Waals surface area contributed by atoms with Crippen molar-refractivity contribution in [3.63, 3.8) is 0 Å². The highest BCUT2D eigenvalue weighted by Gasteiger charge is 2.31. The van der Waals surface area contributed by atoms with Crippen LogP contribution in [0.5, 0.6) is 0 Å². The van der Waals surface area contributed by atoms with Gasteiger partial charge in [-0.2, -0.15) is 0 Å². The molecule has 1 fully saturated rings. The lowest BCUT2D eigenvalue weighted by Gasteiger charge is -2.09. The maximum atomic E-state index is 11.4. The van der Waals surface area contributed by atoms with E-state index in [1.54, 1.807) is 0 Å². The molecule has 0 aliphatic carbocycles. The van der Waals surface area contributed by atoms with E-state index >= 15 is 0 Å². The third kappa shape index (κ3) is 4.72. The Labute approximate surface area is 104 Å². The minimum Gasteiger partial charge on any atom is -0.296 e. The van der Waals surface area contributed by atoms with Gasteiger partial charge in [0.05, 0.1) is 5.92 Å². The van der Waals surface area contributed by atoms with E-state index in [4.69, 9.17) is 0 Å². The van der Waals surface area contributed by atoms with Crippen molar-refractivity contribution in [1.82, 2.24) is 5.32 Å². The zero-order valence-electron chi connectivity index (χ0n) is 10.8. The van der Waals surface area contributed by atoms with Crippen LogP contribution in [0, 0.1) is 5.92 Å². The van der Waals surface area contributed by atoms with Gasteiger partial charge >= 0.3 is 0 Å². The van der Waals surface area contributed by atoms with Gasteiger partial charge in [-0.3, -0.25) is 14.9 Å². The van der Waals surface area contributed by atoms with Crippen molar-refractivity contribution >= 4 is 11.8 Å². The predicted molar refractivity (Wildman–Crippen MR) is 68.4 cm³/mol. The van der Waals surface area contributed by atoms with Gasteiger partial charge in [-0.25, -0.2) is 0 Å². The third-order valence-electron chi connectivity index (χ3n) is 3.31. The predicted octanol–water partition coefficient (Wildman–Crippen LogP) is 2.96. The molecule has 0 spiro atoms. The van der Waals surface area contributed by atoms with Gasteiger partial charge in [0, 0.05) is 6.42 Å². The van der Waals surface area contributed by atoms with E-state index in [-0.39, 0.29) is 17.7 Å². The Bertz CT molecular complexity index is 297. The van der Waals surface area contributed by atoms with Crippen LogP contribution in [0.2, 0.25) is 0 Å². The Kier molecular flexibility index (Phi) is 5.95. The Balaban J connectivity index is 2.13. The molecule has 1 aliphatic heterocycles. The molecule has 0 aromatic carbocycles. The molecule has 1 saturated heterocycles. The highest BCUT2D eigenvalue weighted by molar-refractivity contribution is 6.04. The standard InChI is InChI=1S/C14H23NO2/c1-3-4-5-6-7-8-9-11(2)12-10-13(16)15-14(12)17/h12H,2-10H2,1H3,(H,15,16,17). The lowest BCUT2D eigenvalue weighted by molar-refractivity contribution is -0.125. The fourth-order valence-electron chi connectivity index (χ4n) is 2.19. The number of hydrogen-bond donors (Lipinski definition) is 1. The number of carbonyl (C=O) groups excluding carboxylic acids is 2. The number of imide groups is 1. The second-order valence-corrected chi connectivity index (χ2v) is 4.85. The van der Waals surface area contributed by atoms with Gasteiger partial charge < -0.3 is 0 Å². The Morgan fingerprint density at radius 3 is 2.47 bits per heavy atom. The average Bonchev–Trinajstić information content (AvgIpc) is 2.62. The van der Waals surface area contributed by atoms with E-state index in [0.717, 1.165) is 18.4 Å². The fourth-order valence-corrected chi connectivity index (χ4v) is 2.19. The first kappa shape index (κ1) is 13.9. The molecule has 1 atom stereocenters. The summed E-state index contributed by atoms with van der Waals surface area (Å²) in [6.07, 6.45) is 8.58. The Morgan fingerprint density at radius 1 is 1.24 bits per heavy atom. The summed E-state index contributed by atoms with van der Waals surface area (Å²) in [4.78, 5) is 22.5. The summed E-state index contributed by atoms with van der Waals surface area (Å²) < 4.78 is 0. The van der Waals surface area contributed by atoms with E-state index in [0.29, 0.717) is 6.42 Å². The monoisotopic (exact) mass is 237 g/mol. The van der Waals surface area contributed by atoms with Gasteiger partial charge in [-0.05, 0) is 12.8 Å². The average molecular weight is 237 g/mol. The summed E-state index contributed by atoms with van der Waals surface area (Å²) in [7, 11) is 0. The summed E-state index contributed by atoms with van der Waals surface area (Å²) >= 11 is 0. The lowest BCUT2D eigenvalue weighted by Crippen LogP contribution is -2.22. The van der Waals surface area contributed by atoms with Crippen molar-refractivity contribution < 1.29 is 9.59 Å². The number of hydrogen-bond acceptors (Lipinski definition) is 2. The minimum atomic E-state index is -0.266. The van der Waals surface area contributed by atoms with Crippen LogP contribution in [0.15, 0.2) is 12.2 Å². The highest BCUT2D eigenvalue weighted by Crippen LogP contribution is 2.23. The van der Waals surface area contributed by atoms with Crippen molar-refractivity contribution in [2.75, 3.05) is 0 Å². The van der Waals surface area contributed by atoms with E-state index < -0.39 is 0 Å². The molecule has 0 bridgehead atoms. The summed E-state index contributed by atoms with van der Waals surface area (Å²) in [6.45, 7) is 6.15. The van der Waals surface area contributed by atoms with Crippen molar-refractivity contribution in [2.45, 2.75) is 58.3 Å². The van der Waals surface area contributed by atoms with Crippen molar-refractivity contribution in [1.29, 1.82) is 0 Å². The maximum absolute atomic E-state index is 11.4. The van der Waals surface area contributed by atoms with Crippen LogP contribution >= 0.6 is 0 Å². The zero-order valence-corrected chi connectivity index (χ0v) is 10.8. The van der Waals surface area contributed by atoms with Gasteiger partial charge in [0.1, 0.15) is 0 Å². The number of nitrogens with one attached hydrogen (secondary N) is 1. The molecule has 0 radical (unpaired) electrons. The molecule has 1 N–H and O–H groups in total. The molecule has 0 aromatic heterocycles. The maximum Gasteiger partial charge on any atom is 0.234 e. The summed E-state index contributed by atoms with van der Waals surface area (Å²) in [5, 5.41) is 2.33. The van der Waals surface area contributed by atoms with Crippen LogP contribution in [-0.2, 0) is 9.59 Å². The summed E-state index contributed by atoms with van der Waals surface area (Å²) in [5.41, 5.74) is 0.920. The first-order valence-corrected chi connectivity index (χ1v) is 6.66. The Hall–Kier alpha value is -1.12. The van der Waals surface area contributed by atoms with Gasteiger partial charge in [-0.1, -0.05) is 51.2 Å². The van der Waals surface area contributed by atoms with Crippen molar-refractivity contribution in [3.8, 4) is 0 Å². The van der Waals surface area contributed by atoms with E-state index in [1.165, 1.54) is 32.1 Å². The second-order valence-electron chi connectivity index (χ2n) is 4.85. The molecule has 1 rings (SSSR count). The van der Waals surface area contributed by atoms with E-state index in [9.17, 15) is 9.59 Å². The molecule has 1 aliphatic rings. The number of carbonyl (C=O) groups is 2. The second kappa shape index (κ2) is 7.25. The summed E-state index contributed by atoms with van der Waals surface area (Å²) in [5.74, 6) is -0.590. The topological polar surface area (TPSA) is 46.2 Å². The molecule has 1 heterocycles. The largest absolute Gasteiger partial charge is 0.296 e. The lowest BCUT2D eigenvalue weighted by atomic mass is 9.94. The molecule has 96 valence electrons. The SMILES string of the molecule is C=C(CCCCCCCC)C1CC(=O)NC1=O. The van der Waals surface area contributed by atoms with Crippen LogP contribution in [-0.4, -0.2) is 11.8 Å². The molecule has 0 aromatic rings. The van der Waals surface area contributed by atoms with Crippen molar-refractivity contribution in [2.24, 2.45) is 5.92 Å². The van der Waals surface area contributed by atoms with Crippen LogP contribution in [0.3, 0.4) is 0 Å². The van der Waals surface area contributed by atoms with E-state index in [1.807, 2.05) is 0 Å². The Morgan fingerprint density at radius 2 is 1.88 bits per heavy atom.